The molecular weight excluding hydrogens is 226 g/mol. The lowest BCUT2D eigenvalue weighted by molar-refractivity contribution is -0.137. The third-order valence-corrected chi connectivity index (χ3v) is 2.61. The fourth-order valence-corrected chi connectivity index (χ4v) is 1.60. The van der Waals surface area contributed by atoms with Gasteiger partial charge in [0, 0.05) is 6.42 Å². The van der Waals surface area contributed by atoms with Gasteiger partial charge < -0.3 is 5.11 Å². The Bertz CT molecular complexity index is 441. The van der Waals surface area contributed by atoms with E-state index in [4.69, 9.17) is 10.4 Å². The van der Waals surface area contributed by atoms with Crippen LogP contribution in [-0.4, -0.2) is 11.1 Å². The molecule has 0 fully saturated rings. The SMILES string of the molecule is N#Cc1ccc(/C=C/CCCCCC(=O)O)cc1. The molecule has 0 aliphatic rings. The molecule has 0 bridgehead atoms. The van der Waals surface area contributed by atoms with Crippen LogP contribution in [-0.2, 0) is 4.79 Å². The first-order valence-electron chi connectivity index (χ1n) is 6.11. The van der Waals surface area contributed by atoms with Crippen molar-refractivity contribution in [1.29, 1.82) is 5.26 Å². The molecular formula is C15H17NO2. The van der Waals surface area contributed by atoms with Gasteiger partial charge in [0.1, 0.15) is 0 Å². The predicted octanol–water partition coefficient (Wildman–Crippen LogP) is 3.61. The zero-order chi connectivity index (χ0) is 13.2. The molecule has 0 amide bonds. The number of carboxylic acid groups (broad SMARTS) is 1. The standard InChI is InChI=1S/C15H17NO2/c16-12-14-10-8-13(9-11-14)6-4-2-1-3-5-7-15(17)18/h4,6,8-11H,1-3,5,7H2,(H,17,18)/b6-4+. The van der Waals surface area contributed by atoms with Crippen LogP contribution in [0.1, 0.15) is 43.2 Å². The van der Waals surface area contributed by atoms with E-state index in [1.54, 1.807) is 12.1 Å². The molecule has 0 unspecified atom stereocenters. The first-order chi connectivity index (χ1) is 8.72. The number of carboxylic acids is 1. The van der Waals surface area contributed by atoms with Gasteiger partial charge in [-0.25, -0.2) is 0 Å². The zero-order valence-corrected chi connectivity index (χ0v) is 10.3. The number of carbonyl (C=O) groups is 1. The first-order valence-corrected chi connectivity index (χ1v) is 6.11. The summed E-state index contributed by atoms with van der Waals surface area (Å²) in [5, 5.41) is 17.1. The maximum atomic E-state index is 10.3. The van der Waals surface area contributed by atoms with Gasteiger partial charge in [0.05, 0.1) is 11.6 Å². The van der Waals surface area contributed by atoms with Crippen molar-refractivity contribution in [1.82, 2.24) is 0 Å². The summed E-state index contributed by atoms with van der Waals surface area (Å²) >= 11 is 0. The van der Waals surface area contributed by atoms with Crippen LogP contribution in [0.15, 0.2) is 30.3 Å². The van der Waals surface area contributed by atoms with Crippen LogP contribution in [0.25, 0.3) is 6.08 Å². The zero-order valence-electron chi connectivity index (χ0n) is 10.3. The summed E-state index contributed by atoms with van der Waals surface area (Å²) in [6, 6.07) is 9.51. The van der Waals surface area contributed by atoms with Crippen LogP contribution < -0.4 is 0 Å². The van der Waals surface area contributed by atoms with Crippen LogP contribution in [0.3, 0.4) is 0 Å². The molecule has 0 heterocycles. The highest BCUT2D eigenvalue weighted by Gasteiger charge is 1.95. The fourth-order valence-electron chi connectivity index (χ4n) is 1.60. The Morgan fingerprint density at radius 3 is 2.56 bits per heavy atom. The molecule has 0 aliphatic heterocycles. The highest BCUT2D eigenvalue weighted by Crippen LogP contribution is 2.08. The molecule has 3 heteroatoms. The van der Waals surface area contributed by atoms with Gasteiger partial charge in [-0.1, -0.05) is 30.7 Å². The van der Waals surface area contributed by atoms with E-state index < -0.39 is 5.97 Å². The summed E-state index contributed by atoms with van der Waals surface area (Å²) < 4.78 is 0. The molecule has 0 spiro atoms. The van der Waals surface area contributed by atoms with Crippen molar-refractivity contribution in [2.75, 3.05) is 0 Å². The lowest BCUT2D eigenvalue weighted by Crippen LogP contribution is -1.93. The molecule has 0 aromatic heterocycles. The van der Waals surface area contributed by atoms with Gasteiger partial charge >= 0.3 is 5.97 Å². The van der Waals surface area contributed by atoms with E-state index in [9.17, 15) is 4.79 Å². The fraction of sp³-hybridized carbons (Fsp3) is 0.333. The maximum absolute atomic E-state index is 10.3. The van der Waals surface area contributed by atoms with E-state index in [1.807, 2.05) is 18.2 Å². The monoisotopic (exact) mass is 243 g/mol. The number of hydrogen-bond acceptors (Lipinski definition) is 2. The summed E-state index contributed by atoms with van der Waals surface area (Å²) in [6.07, 6.45) is 8.05. The van der Waals surface area contributed by atoms with Gasteiger partial charge in [0.2, 0.25) is 0 Å². The molecule has 0 atom stereocenters. The third kappa shape index (κ3) is 5.86. The second-order valence-electron chi connectivity index (χ2n) is 4.13. The minimum atomic E-state index is -0.719. The second-order valence-corrected chi connectivity index (χ2v) is 4.13. The van der Waals surface area contributed by atoms with Gasteiger partial charge in [0.15, 0.2) is 0 Å². The largest absolute Gasteiger partial charge is 0.481 e. The van der Waals surface area contributed by atoms with Gasteiger partial charge in [-0.3, -0.25) is 4.79 Å². The quantitative estimate of drug-likeness (QED) is 0.744. The number of nitrogens with zero attached hydrogens (tertiary/aromatic N) is 1. The van der Waals surface area contributed by atoms with Crippen molar-refractivity contribution in [3.8, 4) is 6.07 Å². The molecule has 94 valence electrons. The predicted molar refractivity (Wildman–Crippen MR) is 70.9 cm³/mol. The Hall–Kier alpha value is -2.08. The Morgan fingerprint density at radius 1 is 1.22 bits per heavy atom. The minimum Gasteiger partial charge on any atom is -0.481 e. The number of unbranched alkanes of at least 4 members (excludes halogenated alkanes) is 3. The number of rotatable bonds is 7. The highest BCUT2D eigenvalue weighted by atomic mass is 16.4. The van der Waals surface area contributed by atoms with E-state index in [-0.39, 0.29) is 6.42 Å². The Balaban J connectivity index is 2.20. The molecule has 0 saturated heterocycles. The lowest BCUT2D eigenvalue weighted by Gasteiger charge is -1.96. The topological polar surface area (TPSA) is 61.1 Å². The average molecular weight is 243 g/mol. The number of aliphatic carboxylic acids is 1. The molecule has 1 aromatic carbocycles. The normalized spacial score (nSPS) is 10.4. The van der Waals surface area contributed by atoms with Crippen LogP contribution in [0.2, 0.25) is 0 Å². The Labute approximate surface area is 107 Å². The van der Waals surface area contributed by atoms with Crippen molar-refractivity contribution in [2.24, 2.45) is 0 Å². The molecule has 0 radical (unpaired) electrons. The summed E-state index contributed by atoms with van der Waals surface area (Å²) in [4.78, 5) is 10.3. The van der Waals surface area contributed by atoms with Gasteiger partial charge in [-0.05, 0) is 37.0 Å². The molecule has 0 aliphatic carbocycles. The minimum absolute atomic E-state index is 0.263. The van der Waals surface area contributed by atoms with E-state index in [2.05, 4.69) is 12.1 Å². The average Bonchev–Trinajstić information content (AvgIpc) is 2.38. The van der Waals surface area contributed by atoms with E-state index in [0.29, 0.717) is 5.56 Å². The summed E-state index contributed by atoms with van der Waals surface area (Å²) in [7, 11) is 0. The van der Waals surface area contributed by atoms with Crippen molar-refractivity contribution < 1.29 is 9.90 Å². The second kappa shape index (κ2) is 8.08. The smallest absolute Gasteiger partial charge is 0.303 e. The summed E-state index contributed by atoms with van der Waals surface area (Å²) in [6.45, 7) is 0. The van der Waals surface area contributed by atoms with Crippen LogP contribution >= 0.6 is 0 Å². The van der Waals surface area contributed by atoms with Crippen molar-refractivity contribution in [2.45, 2.75) is 32.1 Å². The van der Waals surface area contributed by atoms with Crippen LogP contribution in [0.4, 0.5) is 0 Å². The Morgan fingerprint density at radius 2 is 1.94 bits per heavy atom. The van der Waals surface area contributed by atoms with Gasteiger partial charge in [0.25, 0.3) is 0 Å². The number of benzene rings is 1. The lowest BCUT2D eigenvalue weighted by atomic mass is 10.1. The van der Waals surface area contributed by atoms with Crippen molar-refractivity contribution in [3.63, 3.8) is 0 Å². The van der Waals surface area contributed by atoms with E-state index in [1.165, 1.54) is 0 Å². The first kappa shape index (κ1) is 14.0. The van der Waals surface area contributed by atoms with Gasteiger partial charge in [-0.15, -0.1) is 0 Å². The molecule has 1 N–H and O–H groups in total. The highest BCUT2D eigenvalue weighted by molar-refractivity contribution is 5.66. The molecule has 1 rings (SSSR count). The number of allylic oxidation sites excluding steroid dienone is 1. The summed E-state index contributed by atoms with van der Waals surface area (Å²) in [5.74, 6) is -0.719. The van der Waals surface area contributed by atoms with Crippen LogP contribution in [0, 0.1) is 11.3 Å². The number of nitriles is 1. The van der Waals surface area contributed by atoms with E-state index in [0.717, 1.165) is 31.2 Å². The van der Waals surface area contributed by atoms with Crippen molar-refractivity contribution in [3.05, 3.63) is 41.5 Å². The third-order valence-electron chi connectivity index (χ3n) is 2.61. The Kier molecular flexibility index (Phi) is 6.27. The van der Waals surface area contributed by atoms with E-state index >= 15 is 0 Å². The van der Waals surface area contributed by atoms with Crippen molar-refractivity contribution >= 4 is 12.0 Å². The molecule has 18 heavy (non-hydrogen) atoms. The molecule has 3 nitrogen and oxygen atoms in total. The molecule has 1 aromatic rings. The number of hydrogen-bond donors (Lipinski definition) is 1. The molecule has 0 saturated carbocycles. The van der Waals surface area contributed by atoms with Crippen LogP contribution in [0.5, 0.6) is 0 Å². The van der Waals surface area contributed by atoms with Gasteiger partial charge in [-0.2, -0.15) is 5.26 Å². The summed E-state index contributed by atoms with van der Waals surface area (Å²) in [5.41, 5.74) is 1.75. The maximum Gasteiger partial charge on any atom is 0.303 e.